The Kier molecular flexibility index (Phi) is 5.65. The Hall–Kier alpha value is -1.29. The summed E-state index contributed by atoms with van der Waals surface area (Å²) in [6.07, 6.45) is 4.29. The molecule has 0 aliphatic carbocycles. The monoisotopic (exact) mass is 277 g/mol. The van der Waals surface area contributed by atoms with Crippen LogP contribution in [0, 0.1) is 5.92 Å². The molecule has 1 saturated heterocycles. The van der Waals surface area contributed by atoms with Crippen LogP contribution >= 0.6 is 0 Å². The lowest BCUT2D eigenvalue weighted by atomic mass is 9.90. The molecule has 1 atom stereocenters. The van der Waals surface area contributed by atoms with Gasteiger partial charge in [-0.1, -0.05) is 6.92 Å². The summed E-state index contributed by atoms with van der Waals surface area (Å²) in [5, 5.41) is 3.54. The lowest BCUT2D eigenvalue weighted by molar-refractivity contribution is 0.308. The lowest BCUT2D eigenvalue weighted by Gasteiger charge is -2.36. The zero-order chi connectivity index (χ0) is 14.4. The highest BCUT2D eigenvalue weighted by molar-refractivity contribution is 5.52. The van der Waals surface area contributed by atoms with Crippen LogP contribution in [0.1, 0.15) is 33.6 Å². The molecule has 112 valence electrons. The zero-order valence-corrected chi connectivity index (χ0v) is 12.9. The van der Waals surface area contributed by atoms with Crippen molar-refractivity contribution in [1.82, 2.24) is 10.3 Å². The van der Waals surface area contributed by atoms with Crippen molar-refractivity contribution in [3.05, 3.63) is 18.3 Å². The van der Waals surface area contributed by atoms with Gasteiger partial charge in [-0.3, -0.25) is 0 Å². The molecule has 4 heteroatoms. The van der Waals surface area contributed by atoms with Gasteiger partial charge in [-0.15, -0.1) is 0 Å². The maximum atomic E-state index is 5.69. The lowest BCUT2D eigenvalue weighted by Crippen LogP contribution is -2.42. The molecule has 1 aromatic heterocycles. The first kappa shape index (κ1) is 15.1. The van der Waals surface area contributed by atoms with Crippen molar-refractivity contribution in [2.24, 2.45) is 5.92 Å². The molecule has 1 N–H and O–H groups in total. The van der Waals surface area contributed by atoms with Crippen molar-refractivity contribution < 1.29 is 4.74 Å². The smallest absolute Gasteiger partial charge is 0.171 e. The molecule has 1 unspecified atom stereocenters. The van der Waals surface area contributed by atoms with Gasteiger partial charge in [-0.2, -0.15) is 0 Å². The molecule has 2 heterocycles. The van der Waals surface area contributed by atoms with Crippen LogP contribution in [0.25, 0.3) is 0 Å². The average Bonchev–Trinajstić information content (AvgIpc) is 2.49. The molecule has 0 saturated carbocycles. The first-order valence-corrected chi connectivity index (χ1v) is 7.82. The van der Waals surface area contributed by atoms with Crippen molar-refractivity contribution in [3.8, 4) is 5.75 Å². The summed E-state index contributed by atoms with van der Waals surface area (Å²) in [5.41, 5.74) is 0. The summed E-state index contributed by atoms with van der Waals surface area (Å²) < 4.78 is 5.69. The van der Waals surface area contributed by atoms with E-state index in [2.05, 4.69) is 29.0 Å². The number of aromatic nitrogens is 1. The van der Waals surface area contributed by atoms with Gasteiger partial charge in [0.1, 0.15) is 0 Å². The van der Waals surface area contributed by atoms with E-state index in [0.717, 1.165) is 37.1 Å². The summed E-state index contributed by atoms with van der Waals surface area (Å²) in [7, 11) is 0. The van der Waals surface area contributed by atoms with E-state index in [-0.39, 0.29) is 0 Å². The van der Waals surface area contributed by atoms with Crippen LogP contribution in [0.4, 0.5) is 5.82 Å². The number of pyridine rings is 1. The number of anilines is 1. The maximum Gasteiger partial charge on any atom is 0.171 e. The quantitative estimate of drug-likeness (QED) is 0.867. The minimum Gasteiger partial charge on any atom is -0.490 e. The fourth-order valence-electron chi connectivity index (χ4n) is 2.99. The Labute approximate surface area is 122 Å². The number of hydrogen-bond donors (Lipinski definition) is 1. The van der Waals surface area contributed by atoms with Gasteiger partial charge in [0.05, 0.1) is 6.61 Å². The average molecular weight is 277 g/mol. The van der Waals surface area contributed by atoms with Gasteiger partial charge in [0, 0.05) is 25.3 Å². The maximum absolute atomic E-state index is 5.69. The van der Waals surface area contributed by atoms with Crippen LogP contribution in [0.15, 0.2) is 18.3 Å². The molecule has 0 spiro atoms. The fourth-order valence-corrected chi connectivity index (χ4v) is 2.99. The predicted molar refractivity (Wildman–Crippen MR) is 83.5 cm³/mol. The third-order valence-corrected chi connectivity index (χ3v) is 4.12. The Morgan fingerprint density at radius 1 is 1.40 bits per heavy atom. The molecule has 1 fully saturated rings. The highest BCUT2D eigenvalue weighted by atomic mass is 16.5. The second kappa shape index (κ2) is 7.48. The third-order valence-electron chi connectivity index (χ3n) is 4.12. The van der Waals surface area contributed by atoms with Gasteiger partial charge in [0.2, 0.25) is 0 Å². The molecule has 0 aromatic carbocycles. The summed E-state index contributed by atoms with van der Waals surface area (Å²) in [5.74, 6) is 2.68. The van der Waals surface area contributed by atoms with Crippen LogP contribution in [0.5, 0.6) is 5.75 Å². The highest BCUT2D eigenvalue weighted by Gasteiger charge is 2.25. The fraction of sp³-hybridized carbons (Fsp3) is 0.688. The molecule has 1 aliphatic rings. The summed E-state index contributed by atoms with van der Waals surface area (Å²) in [4.78, 5) is 6.87. The SMILES string of the molecule is CCNC(C)C1CCN(c2ncccc2OCC)CC1. The first-order chi connectivity index (χ1) is 9.76. The van der Waals surface area contributed by atoms with Crippen molar-refractivity contribution in [2.75, 3.05) is 31.1 Å². The molecular formula is C16H27N3O. The molecule has 0 amide bonds. The summed E-state index contributed by atoms with van der Waals surface area (Å²) in [6, 6.07) is 4.56. The first-order valence-electron chi connectivity index (χ1n) is 7.82. The number of hydrogen-bond acceptors (Lipinski definition) is 4. The van der Waals surface area contributed by atoms with Crippen molar-refractivity contribution in [3.63, 3.8) is 0 Å². The molecule has 2 rings (SSSR count). The molecule has 20 heavy (non-hydrogen) atoms. The van der Waals surface area contributed by atoms with Gasteiger partial charge < -0.3 is 15.0 Å². The van der Waals surface area contributed by atoms with Crippen LogP contribution < -0.4 is 15.0 Å². The topological polar surface area (TPSA) is 37.4 Å². The van der Waals surface area contributed by atoms with E-state index >= 15 is 0 Å². The standard InChI is InChI=1S/C16H27N3O/c1-4-17-13(3)14-8-11-19(12-9-14)16-15(20-5-2)7-6-10-18-16/h6-7,10,13-14,17H,4-5,8-9,11-12H2,1-3H3. The number of nitrogens with one attached hydrogen (secondary N) is 1. The molecular weight excluding hydrogens is 250 g/mol. The predicted octanol–water partition coefficient (Wildman–Crippen LogP) is 2.69. The van der Waals surface area contributed by atoms with Gasteiger partial charge >= 0.3 is 0 Å². The zero-order valence-electron chi connectivity index (χ0n) is 12.9. The van der Waals surface area contributed by atoms with Crippen LogP contribution in [-0.2, 0) is 0 Å². The van der Waals surface area contributed by atoms with E-state index in [1.807, 2.05) is 25.3 Å². The van der Waals surface area contributed by atoms with Crippen LogP contribution in [-0.4, -0.2) is 37.3 Å². The normalized spacial score (nSPS) is 18.1. The molecule has 1 aromatic rings. The Bertz CT molecular complexity index is 402. The minimum atomic E-state index is 0.609. The van der Waals surface area contributed by atoms with E-state index in [4.69, 9.17) is 4.74 Å². The number of ether oxygens (including phenoxy) is 1. The Morgan fingerprint density at radius 2 is 2.15 bits per heavy atom. The van der Waals surface area contributed by atoms with E-state index in [1.54, 1.807) is 0 Å². The van der Waals surface area contributed by atoms with E-state index < -0.39 is 0 Å². The third kappa shape index (κ3) is 3.63. The van der Waals surface area contributed by atoms with Gasteiger partial charge in [-0.05, 0) is 51.3 Å². The molecule has 4 nitrogen and oxygen atoms in total. The van der Waals surface area contributed by atoms with Crippen molar-refractivity contribution in [2.45, 2.75) is 39.7 Å². The second-order valence-electron chi connectivity index (χ2n) is 5.43. The Balaban J connectivity index is 1.97. The minimum absolute atomic E-state index is 0.609. The van der Waals surface area contributed by atoms with Crippen molar-refractivity contribution in [1.29, 1.82) is 0 Å². The van der Waals surface area contributed by atoms with Crippen LogP contribution in [0.3, 0.4) is 0 Å². The van der Waals surface area contributed by atoms with Crippen molar-refractivity contribution >= 4 is 5.82 Å². The molecule has 0 bridgehead atoms. The molecule has 0 radical (unpaired) electrons. The van der Waals surface area contributed by atoms with Gasteiger partial charge in [0.25, 0.3) is 0 Å². The van der Waals surface area contributed by atoms with E-state index in [9.17, 15) is 0 Å². The van der Waals surface area contributed by atoms with E-state index in [0.29, 0.717) is 12.6 Å². The van der Waals surface area contributed by atoms with E-state index in [1.165, 1.54) is 12.8 Å². The number of nitrogens with zero attached hydrogens (tertiary/aromatic N) is 2. The summed E-state index contributed by atoms with van der Waals surface area (Å²) in [6.45, 7) is 10.4. The number of rotatable bonds is 6. The second-order valence-corrected chi connectivity index (χ2v) is 5.43. The van der Waals surface area contributed by atoms with Gasteiger partial charge in [-0.25, -0.2) is 4.98 Å². The largest absolute Gasteiger partial charge is 0.490 e. The number of piperidine rings is 1. The molecule has 1 aliphatic heterocycles. The summed E-state index contributed by atoms with van der Waals surface area (Å²) >= 11 is 0. The van der Waals surface area contributed by atoms with Gasteiger partial charge in [0.15, 0.2) is 11.6 Å². The van der Waals surface area contributed by atoms with Crippen LogP contribution in [0.2, 0.25) is 0 Å². The Morgan fingerprint density at radius 3 is 2.80 bits per heavy atom. The highest BCUT2D eigenvalue weighted by Crippen LogP contribution is 2.30.